The molecule has 3 heteroatoms. The fourth-order valence-electron chi connectivity index (χ4n) is 2.14. The van der Waals surface area contributed by atoms with Crippen LogP contribution in [0.3, 0.4) is 0 Å². The molecule has 0 amide bonds. The Bertz CT molecular complexity index is 537. The van der Waals surface area contributed by atoms with Crippen molar-refractivity contribution in [3.05, 3.63) is 69.7 Å². The van der Waals surface area contributed by atoms with Crippen molar-refractivity contribution >= 4 is 23.2 Å². The van der Waals surface area contributed by atoms with Crippen molar-refractivity contribution in [1.29, 1.82) is 0 Å². The Morgan fingerprint density at radius 1 is 0.842 bits per heavy atom. The van der Waals surface area contributed by atoms with E-state index in [1.807, 2.05) is 42.5 Å². The lowest BCUT2D eigenvalue weighted by Gasteiger charge is -2.21. The van der Waals surface area contributed by atoms with Gasteiger partial charge in [0.15, 0.2) is 0 Å². The van der Waals surface area contributed by atoms with Crippen molar-refractivity contribution in [3.63, 3.8) is 0 Å². The first-order valence-corrected chi connectivity index (χ1v) is 7.09. The van der Waals surface area contributed by atoms with Crippen LogP contribution >= 0.6 is 23.2 Å². The molecule has 0 saturated heterocycles. The Balaban J connectivity index is 2.08. The fraction of sp³-hybridized carbons (Fsp3) is 0.250. The zero-order valence-electron chi connectivity index (χ0n) is 11.0. The van der Waals surface area contributed by atoms with Crippen LogP contribution in [-0.2, 0) is 0 Å². The topological polar surface area (TPSA) is 12.0 Å². The second-order valence-corrected chi connectivity index (χ2v) is 5.53. The SMILES string of the molecule is CC(N[C@H](C)c1ccc(Cl)cc1)c1ccccc1Cl. The first kappa shape index (κ1) is 14.4. The fourth-order valence-corrected chi connectivity index (χ4v) is 2.56. The molecule has 2 aromatic rings. The molecule has 0 bridgehead atoms. The molecular formula is C16H17Cl2N. The molecule has 2 aromatic carbocycles. The lowest BCUT2D eigenvalue weighted by Crippen LogP contribution is -2.22. The van der Waals surface area contributed by atoms with Gasteiger partial charge >= 0.3 is 0 Å². The number of rotatable bonds is 4. The van der Waals surface area contributed by atoms with Gasteiger partial charge in [-0.3, -0.25) is 0 Å². The summed E-state index contributed by atoms with van der Waals surface area (Å²) in [5.41, 5.74) is 2.33. The first-order chi connectivity index (χ1) is 9.08. The maximum atomic E-state index is 6.21. The van der Waals surface area contributed by atoms with E-state index in [-0.39, 0.29) is 12.1 Å². The molecule has 0 saturated carbocycles. The lowest BCUT2D eigenvalue weighted by molar-refractivity contribution is 0.495. The molecular weight excluding hydrogens is 277 g/mol. The molecule has 100 valence electrons. The maximum Gasteiger partial charge on any atom is 0.0453 e. The van der Waals surface area contributed by atoms with Crippen molar-refractivity contribution < 1.29 is 0 Å². The summed E-state index contributed by atoms with van der Waals surface area (Å²) < 4.78 is 0. The van der Waals surface area contributed by atoms with E-state index in [2.05, 4.69) is 25.2 Å². The van der Waals surface area contributed by atoms with Crippen molar-refractivity contribution in [1.82, 2.24) is 5.32 Å². The summed E-state index contributed by atoms with van der Waals surface area (Å²) in [6, 6.07) is 16.3. The average Bonchev–Trinajstić information content (AvgIpc) is 2.39. The maximum absolute atomic E-state index is 6.21. The molecule has 0 aliphatic heterocycles. The summed E-state index contributed by atoms with van der Waals surface area (Å²) in [7, 11) is 0. The molecule has 0 spiro atoms. The zero-order chi connectivity index (χ0) is 13.8. The number of hydrogen-bond donors (Lipinski definition) is 1. The summed E-state index contributed by atoms with van der Waals surface area (Å²) >= 11 is 12.1. The highest BCUT2D eigenvalue weighted by Gasteiger charge is 2.13. The molecule has 1 unspecified atom stereocenters. The van der Waals surface area contributed by atoms with Crippen LogP contribution in [0.4, 0.5) is 0 Å². The van der Waals surface area contributed by atoms with Crippen LogP contribution in [0.5, 0.6) is 0 Å². The second kappa shape index (κ2) is 6.42. The van der Waals surface area contributed by atoms with Gasteiger partial charge in [-0.05, 0) is 43.2 Å². The van der Waals surface area contributed by atoms with Gasteiger partial charge in [0.2, 0.25) is 0 Å². The molecule has 1 N–H and O–H groups in total. The van der Waals surface area contributed by atoms with Gasteiger partial charge in [-0.25, -0.2) is 0 Å². The Kier molecular flexibility index (Phi) is 4.87. The van der Waals surface area contributed by atoms with Gasteiger partial charge in [0.05, 0.1) is 0 Å². The average molecular weight is 294 g/mol. The summed E-state index contributed by atoms with van der Waals surface area (Å²) in [6.07, 6.45) is 0. The molecule has 0 aliphatic rings. The first-order valence-electron chi connectivity index (χ1n) is 6.34. The van der Waals surface area contributed by atoms with E-state index >= 15 is 0 Å². The van der Waals surface area contributed by atoms with E-state index in [0.717, 1.165) is 15.6 Å². The van der Waals surface area contributed by atoms with E-state index in [4.69, 9.17) is 23.2 Å². The predicted molar refractivity (Wildman–Crippen MR) is 82.9 cm³/mol. The van der Waals surface area contributed by atoms with Gasteiger partial charge in [-0.2, -0.15) is 0 Å². The quantitative estimate of drug-likeness (QED) is 0.795. The highest BCUT2D eigenvalue weighted by atomic mass is 35.5. The van der Waals surface area contributed by atoms with Crippen molar-refractivity contribution in [2.45, 2.75) is 25.9 Å². The van der Waals surface area contributed by atoms with Crippen LogP contribution in [0, 0.1) is 0 Å². The van der Waals surface area contributed by atoms with Gasteiger partial charge in [0, 0.05) is 22.1 Å². The van der Waals surface area contributed by atoms with Crippen LogP contribution in [0.15, 0.2) is 48.5 Å². The molecule has 2 atom stereocenters. The standard InChI is InChI=1S/C16H17Cl2N/c1-11(13-7-9-14(17)10-8-13)19-12(2)15-5-3-4-6-16(15)18/h3-12,19H,1-2H3/t11-,12?/m1/s1. The minimum absolute atomic E-state index is 0.194. The molecule has 19 heavy (non-hydrogen) atoms. The summed E-state index contributed by atoms with van der Waals surface area (Å²) in [5.74, 6) is 0. The van der Waals surface area contributed by atoms with Crippen molar-refractivity contribution in [2.75, 3.05) is 0 Å². The van der Waals surface area contributed by atoms with Crippen molar-refractivity contribution in [3.8, 4) is 0 Å². The Hall–Kier alpha value is -1.02. The number of halogens is 2. The van der Waals surface area contributed by atoms with E-state index in [1.165, 1.54) is 5.56 Å². The van der Waals surface area contributed by atoms with Crippen LogP contribution in [0.25, 0.3) is 0 Å². The van der Waals surface area contributed by atoms with E-state index in [1.54, 1.807) is 0 Å². The summed E-state index contributed by atoms with van der Waals surface area (Å²) in [4.78, 5) is 0. The molecule has 1 nitrogen and oxygen atoms in total. The zero-order valence-corrected chi connectivity index (χ0v) is 12.5. The third kappa shape index (κ3) is 3.73. The van der Waals surface area contributed by atoms with Gasteiger partial charge in [-0.1, -0.05) is 53.5 Å². The summed E-state index contributed by atoms with van der Waals surface area (Å²) in [6.45, 7) is 4.25. The number of benzene rings is 2. The van der Waals surface area contributed by atoms with Gasteiger partial charge in [0.25, 0.3) is 0 Å². The van der Waals surface area contributed by atoms with Crippen LogP contribution in [0.2, 0.25) is 10.0 Å². The second-order valence-electron chi connectivity index (χ2n) is 4.68. The number of hydrogen-bond acceptors (Lipinski definition) is 1. The Labute approximate surface area is 124 Å². The normalized spacial score (nSPS) is 14.1. The smallest absolute Gasteiger partial charge is 0.0453 e. The number of nitrogens with one attached hydrogen (secondary N) is 1. The highest BCUT2D eigenvalue weighted by molar-refractivity contribution is 6.31. The third-order valence-electron chi connectivity index (χ3n) is 3.24. The molecule has 0 fully saturated rings. The van der Waals surface area contributed by atoms with Crippen LogP contribution < -0.4 is 5.32 Å². The molecule has 2 rings (SSSR count). The van der Waals surface area contributed by atoms with Gasteiger partial charge < -0.3 is 5.32 Å². The lowest BCUT2D eigenvalue weighted by atomic mass is 10.0. The predicted octanol–water partition coefficient (Wildman–Crippen LogP) is 5.41. The monoisotopic (exact) mass is 293 g/mol. The molecule has 0 radical (unpaired) electrons. The van der Waals surface area contributed by atoms with Crippen LogP contribution in [-0.4, -0.2) is 0 Å². The van der Waals surface area contributed by atoms with Gasteiger partial charge in [-0.15, -0.1) is 0 Å². The Morgan fingerprint density at radius 3 is 2.11 bits per heavy atom. The minimum Gasteiger partial charge on any atom is -0.304 e. The van der Waals surface area contributed by atoms with Crippen LogP contribution in [0.1, 0.15) is 37.1 Å². The van der Waals surface area contributed by atoms with E-state index in [9.17, 15) is 0 Å². The summed E-state index contributed by atoms with van der Waals surface area (Å²) in [5, 5.41) is 5.10. The van der Waals surface area contributed by atoms with Crippen molar-refractivity contribution in [2.24, 2.45) is 0 Å². The highest BCUT2D eigenvalue weighted by Crippen LogP contribution is 2.25. The van der Waals surface area contributed by atoms with Gasteiger partial charge in [0.1, 0.15) is 0 Å². The molecule has 0 aromatic heterocycles. The Morgan fingerprint density at radius 2 is 1.47 bits per heavy atom. The molecule has 0 aliphatic carbocycles. The van der Waals surface area contributed by atoms with E-state index < -0.39 is 0 Å². The van der Waals surface area contributed by atoms with E-state index in [0.29, 0.717) is 0 Å². The minimum atomic E-state index is 0.194. The molecule has 0 heterocycles. The largest absolute Gasteiger partial charge is 0.304 e. The third-order valence-corrected chi connectivity index (χ3v) is 3.84.